The van der Waals surface area contributed by atoms with Crippen molar-refractivity contribution >= 4 is 27.6 Å². The number of fused-ring (bicyclic) bond motifs is 5. The highest BCUT2D eigenvalue weighted by molar-refractivity contribution is 6.12. The predicted octanol–water partition coefficient (Wildman–Crippen LogP) is 6.81. The summed E-state index contributed by atoms with van der Waals surface area (Å²) < 4.78 is 6.59. The van der Waals surface area contributed by atoms with E-state index in [1.807, 2.05) is 0 Å². The van der Waals surface area contributed by atoms with Crippen molar-refractivity contribution in [3.63, 3.8) is 0 Å². The summed E-state index contributed by atoms with van der Waals surface area (Å²) in [5.74, 6) is 0. The number of hydrogen-bond donors (Lipinski definition) is 0. The molecule has 29 heavy (non-hydrogen) atoms. The number of aryl methyl sites for hydroxylation is 1. The number of rotatable bonds is 1. The van der Waals surface area contributed by atoms with E-state index in [4.69, 9.17) is 4.42 Å². The van der Waals surface area contributed by atoms with Crippen molar-refractivity contribution < 1.29 is 4.42 Å². The Morgan fingerprint density at radius 3 is 2.38 bits per heavy atom. The van der Waals surface area contributed by atoms with E-state index in [0.29, 0.717) is 0 Å². The van der Waals surface area contributed by atoms with Gasteiger partial charge in [0.15, 0.2) is 5.58 Å². The van der Waals surface area contributed by atoms with Crippen LogP contribution in [0.4, 0.5) is 5.69 Å². The van der Waals surface area contributed by atoms with E-state index in [9.17, 15) is 0 Å². The van der Waals surface area contributed by atoms with Gasteiger partial charge in [-0.25, -0.2) is 0 Å². The third kappa shape index (κ3) is 2.49. The molecule has 3 nitrogen and oxygen atoms in total. The summed E-state index contributed by atoms with van der Waals surface area (Å²) in [5.41, 5.74) is 7.78. The van der Waals surface area contributed by atoms with Crippen LogP contribution in [0.2, 0.25) is 0 Å². The van der Waals surface area contributed by atoms with Gasteiger partial charge in [-0.2, -0.15) is 0 Å². The third-order valence-electron chi connectivity index (χ3n) is 7.48. The van der Waals surface area contributed by atoms with Crippen LogP contribution in [0.1, 0.15) is 64.2 Å². The van der Waals surface area contributed by atoms with Gasteiger partial charge in [0.05, 0.1) is 5.69 Å². The van der Waals surface area contributed by atoms with Crippen LogP contribution in [-0.2, 0) is 10.8 Å². The summed E-state index contributed by atoms with van der Waals surface area (Å²) in [6.07, 6.45) is 7.01. The normalized spacial score (nSPS) is 22.7. The predicted molar refractivity (Wildman–Crippen MR) is 123 cm³/mol. The van der Waals surface area contributed by atoms with Gasteiger partial charge in [0.25, 0.3) is 0 Å². The molecule has 3 aromatic rings. The lowest BCUT2D eigenvalue weighted by Gasteiger charge is -2.42. The molecule has 0 saturated heterocycles. The third-order valence-corrected chi connectivity index (χ3v) is 7.48. The molecule has 0 saturated carbocycles. The van der Waals surface area contributed by atoms with E-state index in [0.717, 1.165) is 11.2 Å². The second-order valence-corrected chi connectivity index (χ2v) is 10.3. The number of furan rings is 1. The minimum atomic E-state index is 0.146. The lowest BCUT2D eigenvalue weighted by atomic mass is 9.62. The van der Waals surface area contributed by atoms with Gasteiger partial charge in [0.2, 0.25) is 0 Å². The molecule has 1 aliphatic carbocycles. The van der Waals surface area contributed by atoms with Crippen molar-refractivity contribution in [2.24, 2.45) is 0 Å². The molecule has 0 fully saturated rings. The summed E-state index contributed by atoms with van der Waals surface area (Å²) in [5, 5.41) is 2.57. The molecule has 5 rings (SSSR count). The summed E-state index contributed by atoms with van der Waals surface area (Å²) in [6.45, 7) is 14.0. The van der Waals surface area contributed by atoms with Gasteiger partial charge in [0.1, 0.15) is 11.7 Å². The highest BCUT2D eigenvalue weighted by Gasteiger charge is 2.39. The molecule has 0 N–H and O–H groups in total. The van der Waals surface area contributed by atoms with E-state index in [1.165, 1.54) is 46.0 Å². The molecule has 2 heterocycles. The van der Waals surface area contributed by atoms with Crippen molar-refractivity contribution in [1.82, 2.24) is 4.90 Å². The zero-order valence-electron chi connectivity index (χ0n) is 18.8. The van der Waals surface area contributed by atoms with Crippen LogP contribution < -0.4 is 4.90 Å². The average Bonchev–Trinajstić information content (AvgIpc) is 3.19. The first-order chi connectivity index (χ1) is 13.6. The molecule has 1 aliphatic heterocycles. The molecule has 1 atom stereocenters. The largest absolute Gasteiger partial charge is 0.454 e. The maximum absolute atomic E-state index is 6.59. The van der Waals surface area contributed by atoms with E-state index in [1.54, 1.807) is 0 Å². The van der Waals surface area contributed by atoms with Crippen LogP contribution >= 0.6 is 0 Å². The monoisotopic (exact) mass is 388 g/mol. The maximum Gasteiger partial charge on any atom is 0.159 e. The standard InChI is InChI=1S/C26H32N2O/c1-16-8-9-18-21-20(29-24(18)23(16)28-15-14-27(7)17(28)2)11-10-19-22(21)26(5,6)13-12-25(19,3)4/h8-11,14-15,17H,12-13H2,1-7H3/t17-/m0/s1. The van der Waals surface area contributed by atoms with Crippen molar-refractivity contribution in [3.8, 4) is 0 Å². The summed E-state index contributed by atoms with van der Waals surface area (Å²) in [6, 6.07) is 9.05. The molecule has 0 amide bonds. The Labute approximate surface area is 174 Å². The van der Waals surface area contributed by atoms with Gasteiger partial charge in [-0.1, -0.05) is 45.9 Å². The number of hydrogen-bond acceptors (Lipinski definition) is 3. The van der Waals surface area contributed by atoms with Gasteiger partial charge < -0.3 is 14.2 Å². The molecule has 1 aromatic heterocycles. The molecule has 0 bridgehead atoms. The van der Waals surface area contributed by atoms with Gasteiger partial charge in [0, 0.05) is 30.2 Å². The SMILES string of the molecule is Cc1ccc2c(oc3ccc4c(c32)C(C)(C)CCC4(C)C)c1N1C=CN(C)[C@@H]1C. The van der Waals surface area contributed by atoms with Crippen LogP contribution in [-0.4, -0.2) is 18.1 Å². The smallest absolute Gasteiger partial charge is 0.159 e. The average molecular weight is 389 g/mol. The fraction of sp³-hybridized carbons (Fsp3) is 0.462. The summed E-state index contributed by atoms with van der Waals surface area (Å²) in [7, 11) is 2.12. The van der Waals surface area contributed by atoms with E-state index in [-0.39, 0.29) is 17.0 Å². The van der Waals surface area contributed by atoms with E-state index in [2.05, 4.69) is 95.1 Å². The fourth-order valence-corrected chi connectivity index (χ4v) is 5.37. The highest BCUT2D eigenvalue weighted by atomic mass is 16.3. The molecule has 2 aromatic carbocycles. The molecule has 0 unspecified atom stereocenters. The Balaban J connectivity index is 1.87. The molecule has 0 spiro atoms. The number of anilines is 1. The van der Waals surface area contributed by atoms with Crippen LogP contribution in [0.25, 0.3) is 21.9 Å². The van der Waals surface area contributed by atoms with Gasteiger partial charge in [-0.3, -0.25) is 0 Å². The van der Waals surface area contributed by atoms with E-state index >= 15 is 0 Å². The van der Waals surface area contributed by atoms with Crippen molar-refractivity contribution in [2.45, 2.75) is 71.4 Å². The lowest BCUT2D eigenvalue weighted by molar-refractivity contribution is 0.334. The molecular weight excluding hydrogens is 356 g/mol. The molecule has 152 valence electrons. The minimum absolute atomic E-state index is 0.146. The van der Waals surface area contributed by atoms with Gasteiger partial charge in [-0.15, -0.1) is 0 Å². The van der Waals surface area contributed by atoms with Crippen molar-refractivity contribution in [2.75, 3.05) is 11.9 Å². The topological polar surface area (TPSA) is 19.6 Å². The first-order valence-corrected chi connectivity index (χ1v) is 10.8. The van der Waals surface area contributed by atoms with Crippen molar-refractivity contribution in [3.05, 3.63) is 53.4 Å². The lowest BCUT2D eigenvalue weighted by Crippen LogP contribution is -2.34. The summed E-state index contributed by atoms with van der Waals surface area (Å²) in [4.78, 5) is 4.57. The first kappa shape index (κ1) is 18.6. The Hall–Kier alpha value is -2.42. The second-order valence-electron chi connectivity index (χ2n) is 10.3. The van der Waals surface area contributed by atoms with Crippen LogP contribution in [0, 0.1) is 6.92 Å². The minimum Gasteiger partial charge on any atom is -0.454 e. The zero-order chi connectivity index (χ0) is 20.7. The molecule has 3 heteroatoms. The Kier molecular flexibility index (Phi) is 3.73. The van der Waals surface area contributed by atoms with Gasteiger partial charge >= 0.3 is 0 Å². The fourth-order valence-electron chi connectivity index (χ4n) is 5.37. The second kappa shape index (κ2) is 5.81. The van der Waals surface area contributed by atoms with Crippen LogP contribution in [0.5, 0.6) is 0 Å². The zero-order valence-corrected chi connectivity index (χ0v) is 18.8. The quantitative estimate of drug-likeness (QED) is 0.456. The number of nitrogens with zero attached hydrogens (tertiary/aromatic N) is 2. The van der Waals surface area contributed by atoms with E-state index < -0.39 is 0 Å². The molecular formula is C26H32N2O. The highest BCUT2D eigenvalue weighted by Crippen LogP contribution is 2.51. The number of benzene rings is 2. The summed E-state index contributed by atoms with van der Waals surface area (Å²) >= 11 is 0. The van der Waals surface area contributed by atoms with Gasteiger partial charge in [-0.05, 0) is 60.3 Å². The van der Waals surface area contributed by atoms with Crippen molar-refractivity contribution in [1.29, 1.82) is 0 Å². The first-order valence-electron chi connectivity index (χ1n) is 10.8. The van der Waals surface area contributed by atoms with Crippen LogP contribution in [0.15, 0.2) is 41.1 Å². The Morgan fingerprint density at radius 1 is 0.966 bits per heavy atom. The Bertz CT molecular complexity index is 1160. The Morgan fingerprint density at radius 2 is 1.69 bits per heavy atom. The molecule has 0 radical (unpaired) electrons. The maximum atomic E-state index is 6.59. The van der Waals surface area contributed by atoms with Crippen LogP contribution in [0.3, 0.4) is 0 Å². The molecule has 2 aliphatic rings.